The van der Waals surface area contributed by atoms with Gasteiger partial charge in [-0.05, 0) is 32.2 Å². The van der Waals surface area contributed by atoms with Crippen molar-refractivity contribution in [1.82, 2.24) is 15.2 Å². The van der Waals surface area contributed by atoms with Crippen LogP contribution in [0.15, 0.2) is 6.20 Å². The van der Waals surface area contributed by atoms with Gasteiger partial charge in [-0.3, -0.25) is 4.79 Å². The lowest BCUT2D eigenvalue weighted by Gasteiger charge is -2.27. The molecule has 1 saturated heterocycles. The lowest BCUT2D eigenvalue weighted by molar-refractivity contribution is 0.0697. The van der Waals surface area contributed by atoms with Gasteiger partial charge in [0.15, 0.2) is 0 Å². The van der Waals surface area contributed by atoms with Crippen molar-refractivity contribution in [2.75, 3.05) is 19.6 Å². The summed E-state index contributed by atoms with van der Waals surface area (Å²) < 4.78 is 0. The number of halogens is 2. The van der Waals surface area contributed by atoms with Crippen LogP contribution in [-0.4, -0.2) is 41.5 Å². The first-order chi connectivity index (χ1) is 9.26. The third-order valence-electron chi connectivity index (χ3n) is 3.43. The number of nitrogens with one attached hydrogen (secondary N) is 1. The molecular weight excluding hydrogens is 329 g/mol. The molecular formula is C14H25Cl2N3OS. The molecule has 0 aliphatic carbocycles. The van der Waals surface area contributed by atoms with Gasteiger partial charge < -0.3 is 10.2 Å². The Hall–Kier alpha value is -0.360. The van der Waals surface area contributed by atoms with E-state index in [2.05, 4.69) is 24.1 Å². The van der Waals surface area contributed by atoms with E-state index in [0.717, 1.165) is 55.2 Å². The Kier molecular flexibility index (Phi) is 10.2. The van der Waals surface area contributed by atoms with Crippen molar-refractivity contribution >= 4 is 42.1 Å². The summed E-state index contributed by atoms with van der Waals surface area (Å²) in [6.45, 7) is 7.04. The van der Waals surface area contributed by atoms with Crippen molar-refractivity contribution in [3.8, 4) is 0 Å². The molecule has 0 bridgehead atoms. The molecule has 0 aromatic carbocycles. The van der Waals surface area contributed by atoms with Gasteiger partial charge in [0.25, 0.3) is 5.91 Å². The second-order valence-corrected chi connectivity index (χ2v) is 6.13. The maximum atomic E-state index is 12.6. The molecule has 2 rings (SSSR count). The predicted molar refractivity (Wildman–Crippen MR) is 93.2 cm³/mol. The quantitative estimate of drug-likeness (QED) is 0.854. The van der Waals surface area contributed by atoms with Gasteiger partial charge in [-0.1, -0.05) is 13.8 Å². The van der Waals surface area contributed by atoms with Crippen LogP contribution in [0.5, 0.6) is 0 Å². The number of hydrogen-bond acceptors (Lipinski definition) is 4. The summed E-state index contributed by atoms with van der Waals surface area (Å²) in [4.78, 5) is 19.8. The van der Waals surface area contributed by atoms with E-state index in [1.54, 1.807) is 17.5 Å². The van der Waals surface area contributed by atoms with Crippen molar-refractivity contribution < 1.29 is 4.79 Å². The summed E-state index contributed by atoms with van der Waals surface area (Å²) in [7, 11) is 0. The molecule has 122 valence electrons. The van der Waals surface area contributed by atoms with Crippen LogP contribution < -0.4 is 5.32 Å². The number of amides is 1. The molecule has 1 aromatic rings. The minimum Gasteiger partial charge on any atom is -0.334 e. The van der Waals surface area contributed by atoms with Crippen molar-refractivity contribution in [3.63, 3.8) is 0 Å². The van der Waals surface area contributed by atoms with Gasteiger partial charge in [0, 0.05) is 19.1 Å². The van der Waals surface area contributed by atoms with E-state index in [4.69, 9.17) is 0 Å². The fraction of sp³-hybridized carbons (Fsp3) is 0.714. The fourth-order valence-corrected chi connectivity index (χ4v) is 3.45. The SMILES string of the molecule is CCCc1ncc(C(=O)N(CCC)C2CCNC2)s1.Cl.Cl. The van der Waals surface area contributed by atoms with Crippen molar-refractivity contribution in [3.05, 3.63) is 16.1 Å². The Bertz CT molecular complexity index is 422. The third kappa shape index (κ3) is 5.40. The van der Waals surface area contributed by atoms with Crippen LogP contribution in [0.2, 0.25) is 0 Å². The summed E-state index contributed by atoms with van der Waals surface area (Å²) >= 11 is 1.56. The van der Waals surface area contributed by atoms with E-state index in [9.17, 15) is 4.79 Å². The average molecular weight is 354 g/mol. The molecule has 1 fully saturated rings. The molecule has 0 spiro atoms. The van der Waals surface area contributed by atoms with E-state index in [0.29, 0.717) is 6.04 Å². The second-order valence-electron chi connectivity index (χ2n) is 5.01. The van der Waals surface area contributed by atoms with E-state index in [1.165, 1.54) is 0 Å². The molecule has 0 saturated carbocycles. The zero-order chi connectivity index (χ0) is 13.7. The molecule has 0 radical (unpaired) electrons. The number of hydrogen-bond donors (Lipinski definition) is 1. The van der Waals surface area contributed by atoms with Gasteiger partial charge in [0.2, 0.25) is 0 Å². The number of rotatable bonds is 6. The Labute approximate surface area is 143 Å². The molecule has 1 atom stereocenters. The summed E-state index contributed by atoms with van der Waals surface area (Å²) in [6.07, 6.45) is 5.86. The zero-order valence-corrected chi connectivity index (χ0v) is 15.1. The molecule has 1 amide bonds. The first-order valence-electron chi connectivity index (χ1n) is 7.22. The summed E-state index contributed by atoms with van der Waals surface area (Å²) in [5.74, 6) is 0.162. The van der Waals surface area contributed by atoms with Crippen LogP contribution in [0.1, 0.15) is 47.8 Å². The monoisotopic (exact) mass is 353 g/mol. The maximum Gasteiger partial charge on any atom is 0.265 e. The van der Waals surface area contributed by atoms with E-state index in [-0.39, 0.29) is 30.7 Å². The summed E-state index contributed by atoms with van der Waals surface area (Å²) in [5.41, 5.74) is 0. The number of carbonyl (C=O) groups excluding carboxylic acids is 1. The Balaban J connectivity index is 0.00000200. The number of aromatic nitrogens is 1. The van der Waals surface area contributed by atoms with E-state index in [1.807, 2.05) is 4.90 Å². The van der Waals surface area contributed by atoms with Crippen molar-refractivity contribution in [2.24, 2.45) is 0 Å². The lowest BCUT2D eigenvalue weighted by Crippen LogP contribution is -2.41. The standard InChI is InChI=1S/C14H23N3OS.2ClH/c1-3-5-13-16-10-12(19-13)14(18)17(8-4-2)11-6-7-15-9-11;;/h10-11,15H,3-9H2,1-2H3;2*1H. The molecule has 21 heavy (non-hydrogen) atoms. The highest BCUT2D eigenvalue weighted by molar-refractivity contribution is 7.13. The predicted octanol–water partition coefficient (Wildman–Crippen LogP) is 3.15. The van der Waals surface area contributed by atoms with Gasteiger partial charge in [0.05, 0.1) is 11.2 Å². The number of thiazole rings is 1. The van der Waals surface area contributed by atoms with Crippen molar-refractivity contribution in [2.45, 2.75) is 45.6 Å². The molecule has 1 unspecified atom stereocenters. The topological polar surface area (TPSA) is 45.2 Å². The van der Waals surface area contributed by atoms with Gasteiger partial charge in [0.1, 0.15) is 4.88 Å². The van der Waals surface area contributed by atoms with Gasteiger partial charge in [-0.15, -0.1) is 36.2 Å². The molecule has 4 nitrogen and oxygen atoms in total. The molecule has 2 heterocycles. The summed E-state index contributed by atoms with van der Waals surface area (Å²) in [5, 5.41) is 4.41. The zero-order valence-electron chi connectivity index (χ0n) is 12.6. The van der Waals surface area contributed by atoms with E-state index >= 15 is 0 Å². The van der Waals surface area contributed by atoms with Crippen LogP contribution in [0.4, 0.5) is 0 Å². The molecule has 1 aliphatic heterocycles. The van der Waals surface area contributed by atoms with Crippen LogP contribution in [0.3, 0.4) is 0 Å². The van der Waals surface area contributed by atoms with Crippen LogP contribution in [-0.2, 0) is 6.42 Å². The Morgan fingerprint density at radius 3 is 2.76 bits per heavy atom. The van der Waals surface area contributed by atoms with Gasteiger partial charge in [-0.25, -0.2) is 4.98 Å². The molecule has 1 aromatic heterocycles. The molecule has 1 N–H and O–H groups in total. The highest BCUT2D eigenvalue weighted by Crippen LogP contribution is 2.20. The number of nitrogens with zero attached hydrogens (tertiary/aromatic N) is 2. The normalized spacial score (nSPS) is 17.0. The smallest absolute Gasteiger partial charge is 0.265 e. The first kappa shape index (κ1) is 20.6. The molecule has 7 heteroatoms. The molecule has 1 aliphatic rings. The lowest BCUT2D eigenvalue weighted by atomic mass is 10.2. The number of carbonyl (C=O) groups is 1. The first-order valence-corrected chi connectivity index (χ1v) is 8.04. The number of aryl methyl sites for hydroxylation is 1. The van der Waals surface area contributed by atoms with E-state index < -0.39 is 0 Å². The minimum absolute atomic E-state index is 0. The van der Waals surface area contributed by atoms with Crippen LogP contribution in [0.25, 0.3) is 0 Å². The van der Waals surface area contributed by atoms with Crippen LogP contribution >= 0.6 is 36.2 Å². The fourth-order valence-electron chi connectivity index (χ4n) is 2.48. The second kappa shape index (κ2) is 10.4. The highest BCUT2D eigenvalue weighted by atomic mass is 35.5. The van der Waals surface area contributed by atoms with Gasteiger partial charge >= 0.3 is 0 Å². The van der Waals surface area contributed by atoms with Crippen molar-refractivity contribution in [1.29, 1.82) is 0 Å². The third-order valence-corrected chi connectivity index (χ3v) is 4.47. The van der Waals surface area contributed by atoms with Gasteiger partial charge in [-0.2, -0.15) is 0 Å². The van der Waals surface area contributed by atoms with Crippen LogP contribution in [0, 0.1) is 0 Å². The average Bonchev–Trinajstić information content (AvgIpc) is 3.06. The highest BCUT2D eigenvalue weighted by Gasteiger charge is 2.27. The summed E-state index contributed by atoms with van der Waals surface area (Å²) in [6, 6.07) is 0.351. The Morgan fingerprint density at radius 1 is 1.43 bits per heavy atom. The largest absolute Gasteiger partial charge is 0.334 e. The Morgan fingerprint density at radius 2 is 2.19 bits per heavy atom. The minimum atomic E-state index is 0. The maximum absolute atomic E-state index is 12.6.